The zero-order chi connectivity index (χ0) is 21.2. The molecule has 0 atom stereocenters. The number of thioether (sulfide) groups is 1. The van der Waals surface area contributed by atoms with Crippen LogP contribution in [0.5, 0.6) is 5.75 Å². The van der Waals surface area contributed by atoms with Gasteiger partial charge in [-0.15, -0.1) is 10.2 Å². The minimum atomic E-state index is -0.153. The molecule has 0 aliphatic heterocycles. The first-order chi connectivity index (χ1) is 15.2. The monoisotopic (exact) mass is 432 g/mol. The van der Waals surface area contributed by atoms with Gasteiger partial charge >= 0.3 is 0 Å². The summed E-state index contributed by atoms with van der Waals surface area (Å²) in [4.78, 5) is 18.0. The number of hydrogen-bond donors (Lipinski definition) is 0. The van der Waals surface area contributed by atoms with Gasteiger partial charge in [0.1, 0.15) is 5.75 Å². The smallest absolute Gasteiger partial charge is 0.283 e. The topological polar surface area (TPSA) is 96.2 Å². The lowest BCUT2D eigenvalue weighted by Crippen LogP contribution is -2.21. The molecular formula is C22H16N4O4S. The second-order valence-electron chi connectivity index (χ2n) is 6.52. The molecule has 0 unspecified atom stereocenters. The molecule has 0 aliphatic rings. The minimum absolute atomic E-state index is 0.153. The van der Waals surface area contributed by atoms with Gasteiger partial charge in [-0.25, -0.2) is 4.98 Å². The summed E-state index contributed by atoms with van der Waals surface area (Å²) in [6.45, 7) is 0. The van der Waals surface area contributed by atoms with Crippen molar-refractivity contribution in [2.45, 2.75) is 10.9 Å². The molecule has 3 aromatic heterocycles. The number of para-hydroxylation sites is 1. The van der Waals surface area contributed by atoms with Crippen LogP contribution in [0.2, 0.25) is 0 Å². The third-order valence-electron chi connectivity index (χ3n) is 4.60. The molecule has 0 N–H and O–H groups in total. The fraction of sp³-hybridized carbons (Fsp3) is 0.0909. The molecule has 0 saturated heterocycles. The summed E-state index contributed by atoms with van der Waals surface area (Å²) in [7, 11) is 1.60. The van der Waals surface area contributed by atoms with E-state index < -0.39 is 0 Å². The van der Waals surface area contributed by atoms with Crippen molar-refractivity contribution in [1.82, 2.24) is 19.7 Å². The number of benzene rings is 2. The molecule has 9 heteroatoms. The van der Waals surface area contributed by atoms with Crippen molar-refractivity contribution in [2.24, 2.45) is 0 Å². The highest BCUT2D eigenvalue weighted by Crippen LogP contribution is 2.26. The molecule has 3 heterocycles. The van der Waals surface area contributed by atoms with Crippen molar-refractivity contribution >= 4 is 22.7 Å². The van der Waals surface area contributed by atoms with Gasteiger partial charge in [-0.2, -0.15) is 0 Å². The van der Waals surface area contributed by atoms with Crippen LogP contribution in [0.25, 0.3) is 28.2 Å². The average Bonchev–Trinajstić information content (AvgIpc) is 3.50. The number of fused-ring (bicyclic) bond motifs is 1. The molecule has 0 spiro atoms. The number of hydrogen-bond acceptors (Lipinski definition) is 8. The number of ether oxygens (including phenoxy) is 1. The maximum atomic E-state index is 13.3. The number of furan rings is 1. The summed E-state index contributed by atoms with van der Waals surface area (Å²) in [5, 5.41) is 9.14. The van der Waals surface area contributed by atoms with Gasteiger partial charge in [-0.1, -0.05) is 23.9 Å². The summed E-state index contributed by atoms with van der Waals surface area (Å²) in [5.41, 5.74) is 1.16. The second kappa shape index (κ2) is 8.11. The van der Waals surface area contributed by atoms with Gasteiger partial charge < -0.3 is 13.6 Å². The van der Waals surface area contributed by atoms with Crippen LogP contribution in [0.4, 0.5) is 0 Å². The summed E-state index contributed by atoms with van der Waals surface area (Å²) < 4.78 is 17.8. The Hall–Kier alpha value is -3.85. The Bertz CT molecular complexity index is 1390. The minimum Gasteiger partial charge on any atom is -0.497 e. The highest BCUT2D eigenvalue weighted by molar-refractivity contribution is 7.98. The summed E-state index contributed by atoms with van der Waals surface area (Å²) in [6, 6.07) is 18.0. The van der Waals surface area contributed by atoms with E-state index in [0.717, 1.165) is 0 Å². The zero-order valence-corrected chi connectivity index (χ0v) is 17.2. The number of nitrogens with zero attached hydrogens (tertiary/aromatic N) is 4. The molecule has 2 aromatic carbocycles. The molecule has 5 rings (SSSR count). The third kappa shape index (κ3) is 3.71. The highest BCUT2D eigenvalue weighted by Gasteiger charge is 2.16. The van der Waals surface area contributed by atoms with Crippen LogP contribution >= 0.6 is 11.8 Å². The quantitative estimate of drug-likeness (QED) is 0.289. The van der Waals surface area contributed by atoms with Crippen molar-refractivity contribution in [1.29, 1.82) is 0 Å². The van der Waals surface area contributed by atoms with Gasteiger partial charge in [0.2, 0.25) is 5.89 Å². The second-order valence-corrected chi connectivity index (χ2v) is 7.46. The molecule has 0 amide bonds. The van der Waals surface area contributed by atoms with Gasteiger partial charge in [0.25, 0.3) is 11.4 Å². The van der Waals surface area contributed by atoms with E-state index in [2.05, 4.69) is 10.2 Å². The largest absolute Gasteiger partial charge is 0.497 e. The predicted molar refractivity (Wildman–Crippen MR) is 115 cm³/mol. The van der Waals surface area contributed by atoms with Crippen LogP contribution < -0.4 is 10.3 Å². The zero-order valence-electron chi connectivity index (χ0n) is 16.4. The lowest BCUT2D eigenvalue weighted by molar-refractivity contribution is 0.414. The molecule has 0 radical (unpaired) electrons. The van der Waals surface area contributed by atoms with E-state index in [9.17, 15) is 4.79 Å². The summed E-state index contributed by atoms with van der Waals surface area (Å²) >= 11 is 1.34. The molecule has 31 heavy (non-hydrogen) atoms. The third-order valence-corrected chi connectivity index (χ3v) is 5.52. The molecule has 5 aromatic rings. The standard InChI is InChI=1S/C22H16N4O4S/c1-28-15-10-8-14(9-11-15)26-21(27)16-5-2-3-6-17(16)23-22(26)31-13-19-24-25-20(30-19)18-7-4-12-29-18/h2-12H,13H2,1H3. The summed E-state index contributed by atoms with van der Waals surface area (Å²) in [5.74, 6) is 2.26. The molecule has 0 fully saturated rings. The van der Waals surface area contributed by atoms with E-state index in [1.54, 1.807) is 48.3 Å². The normalized spacial score (nSPS) is 11.1. The van der Waals surface area contributed by atoms with Gasteiger partial charge in [0, 0.05) is 0 Å². The fourth-order valence-corrected chi connectivity index (χ4v) is 3.96. The maximum absolute atomic E-state index is 13.3. The van der Waals surface area contributed by atoms with Crippen molar-refractivity contribution in [3.63, 3.8) is 0 Å². The van der Waals surface area contributed by atoms with Crippen molar-refractivity contribution in [3.8, 4) is 23.1 Å². The van der Waals surface area contributed by atoms with Crippen molar-refractivity contribution in [3.05, 3.63) is 83.2 Å². The Morgan fingerprint density at radius 3 is 2.65 bits per heavy atom. The molecular weight excluding hydrogens is 416 g/mol. The van der Waals surface area contributed by atoms with E-state index in [1.165, 1.54) is 11.8 Å². The highest BCUT2D eigenvalue weighted by atomic mass is 32.2. The SMILES string of the molecule is COc1ccc(-n2c(SCc3nnc(-c4ccco4)o3)nc3ccccc3c2=O)cc1. The van der Waals surface area contributed by atoms with Crippen LogP contribution in [0.3, 0.4) is 0 Å². The molecule has 0 bridgehead atoms. The predicted octanol–water partition coefficient (Wildman–Crippen LogP) is 4.33. The van der Waals surface area contributed by atoms with Gasteiger partial charge in [0.15, 0.2) is 10.9 Å². The Morgan fingerprint density at radius 1 is 1.03 bits per heavy atom. The van der Waals surface area contributed by atoms with E-state index in [-0.39, 0.29) is 5.56 Å². The lowest BCUT2D eigenvalue weighted by atomic mass is 10.2. The first kappa shape index (κ1) is 19.1. The number of aromatic nitrogens is 4. The molecule has 8 nitrogen and oxygen atoms in total. The fourth-order valence-electron chi connectivity index (χ4n) is 3.11. The van der Waals surface area contributed by atoms with Crippen LogP contribution in [0.15, 0.2) is 85.7 Å². The average molecular weight is 432 g/mol. The van der Waals surface area contributed by atoms with Crippen molar-refractivity contribution < 1.29 is 13.6 Å². The first-order valence-corrected chi connectivity index (χ1v) is 10.4. The Kier molecular flexibility index (Phi) is 5.01. The number of methoxy groups -OCH3 is 1. The van der Waals surface area contributed by atoms with Crippen LogP contribution in [0.1, 0.15) is 5.89 Å². The van der Waals surface area contributed by atoms with E-state index in [1.807, 2.05) is 30.3 Å². The molecule has 0 aliphatic carbocycles. The number of rotatable bonds is 6. The molecule has 154 valence electrons. The van der Waals surface area contributed by atoms with Crippen LogP contribution in [0, 0.1) is 0 Å². The Labute approximate surface area is 180 Å². The van der Waals surface area contributed by atoms with Crippen LogP contribution in [-0.2, 0) is 5.75 Å². The van der Waals surface area contributed by atoms with E-state index >= 15 is 0 Å². The van der Waals surface area contributed by atoms with Crippen molar-refractivity contribution in [2.75, 3.05) is 7.11 Å². The van der Waals surface area contributed by atoms with Gasteiger partial charge in [-0.05, 0) is 48.5 Å². The summed E-state index contributed by atoms with van der Waals surface area (Å²) in [6.07, 6.45) is 1.54. The molecule has 0 saturated carbocycles. The maximum Gasteiger partial charge on any atom is 0.283 e. The first-order valence-electron chi connectivity index (χ1n) is 9.38. The van der Waals surface area contributed by atoms with Crippen LogP contribution in [-0.4, -0.2) is 26.9 Å². The van der Waals surface area contributed by atoms with Gasteiger partial charge in [-0.3, -0.25) is 9.36 Å². The van der Waals surface area contributed by atoms with Gasteiger partial charge in [0.05, 0.1) is 35.7 Å². The Morgan fingerprint density at radius 2 is 1.87 bits per heavy atom. The van der Waals surface area contributed by atoms with E-state index in [0.29, 0.717) is 50.8 Å². The van der Waals surface area contributed by atoms with E-state index in [4.69, 9.17) is 18.6 Å². The Balaban J connectivity index is 1.53. The lowest BCUT2D eigenvalue weighted by Gasteiger charge is -2.13.